The zero-order chi connectivity index (χ0) is 13.0. The van der Waals surface area contributed by atoms with Gasteiger partial charge in [-0.25, -0.2) is 4.79 Å². The Morgan fingerprint density at radius 3 is 2.78 bits per heavy atom. The molecule has 0 amide bonds. The molecule has 1 unspecified atom stereocenters. The lowest BCUT2D eigenvalue weighted by Crippen LogP contribution is -2.27. The number of esters is 1. The largest absolute Gasteiger partial charge is 0.497 e. The third-order valence-electron chi connectivity index (χ3n) is 3.05. The molecule has 1 fully saturated rings. The van der Waals surface area contributed by atoms with Gasteiger partial charge >= 0.3 is 5.97 Å². The molecule has 0 saturated heterocycles. The number of rotatable bonds is 6. The van der Waals surface area contributed by atoms with Crippen LogP contribution in [0.4, 0.5) is 0 Å². The number of hydrogen-bond acceptors (Lipinski definition) is 4. The molecule has 2 rings (SSSR count). The van der Waals surface area contributed by atoms with Crippen LogP contribution in [0.25, 0.3) is 0 Å². The first-order valence-electron chi connectivity index (χ1n) is 6.07. The van der Waals surface area contributed by atoms with Crippen LogP contribution in [0.1, 0.15) is 18.4 Å². The summed E-state index contributed by atoms with van der Waals surface area (Å²) in [6, 6.07) is 7.63. The van der Waals surface area contributed by atoms with Crippen molar-refractivity contribution in [1.82, 2.24) is 0 Å². The van der Waals surface area contributed by atoms with Crippen molar-refractivity contribution < 1.29 is 19.0 Å². The highest BCUT2D eigenvalue weighted by Gasteiger charge is 2.37. The molecule has 0 bridgehead atoms. The van der Waals surface area contributed by atoms with Crippen LogP contribution in [0.2, 0.25) is 0 Å². The van der Waals surface area contributed by atoms with Gasteiger partial charge in [-0.2, -0.15) is 0 Å². The first kappa shape index (κ1) is 12.9. The van der Waals surface area contributed by atoms with Gasteiger partial charge < -0.3 is 14.2 Å². The van der Waals surface area contributed by atoms with Gasteiger partial charge in [-0.1, -0.05) is 12.1 Å². The summed E-state index contributed by atoms with van der Waals surface area (Å²) in [5.74, 6) is 0.834. The minimum absolute atomic E-state index is 0.277. The third kappa shape index (κ3) is 3.23. The third-order valence-corrected chi connectivity index (χ3v) is 3.05. The van der Waals surface area contributed by atoms with Crippen molar-refractivity contribution in [3.05, 3.63) is 29.8 Å². The number of methoxy groups -OCH3 is 2. The van der Waals surface area contributed by atoms with Crippen LogP contribution >= 0.6 is 0 Å². The van der Waals surface area contributed by atoms with Gasteiger partial charge in [0, 0.05) is 0 Å². The fourth-order valence-corrected chi connectivity index (χ4v) is 1.86. The van der Waals surface area contributed by atoms with Crippen LogP contribution in [0.5, 0.6) is 5.75 Å². The van der Waals surface area contributed by atoms with Gasteiger partial charge in [-0.3, -0.25) is 0 Å². The van der Waals surface area contributed by atoms with Crippen LogP contribution in [-0.4, -0.2) is 26.3 Å². The number of ether oxygens (including phenoxy) is 3. The van der Waals surface area contributed by atoms with E-state index < -0.39 is 6.10 Å². The van der Waals surface area contributed by atoms with Crippen molar-refractivity contribution in [2.24, 2.45) is 5.92 Å². The normalized spacial score (nSPS) is 16.1. The number of benzene rings is 1. The minimum atomic E-state index is -0.429. The lowest BCUT2D eigenvalue weighted by atomic mass is 10.2. The summed E-state index contributed by atoms with van der Waals surface area (Å²) in [4.78, 5) is 11.6. The van der Waals surface area contributed by atoms with E-state index in [-0.39, 0.29) is 5.97 Å². The first-order valence-corrected chi connectivity index (χ1v) is 6.07. The standard InChI is InChI=1S/C14H18O4/c1-16-12-5-3-4-10(8-12)9-18-13(11-6-7-11)14(15)17-2/h3-5,8,11,13H,6-7,9H2,1-2H3. The summed E-state index contributed by atoms with van der Waals surface area (Å²) in [7, 11) is 3.02. The molecule has 0 spiro atoms. The molecule has 1 aliphatic carbocycles. The summed E-state index contributed by atoms with van der Waals surface area (Å²) in [5, 5.41) is 0. The van der Waals surface area contributed by atoms with E-state index in [4.69, 9.17) is 14.2 Å². The molecule has 1 aromatic carbocycles. The van der Waals surface area contributed by atoms with E-state index in [0.29, 0.717) is 12.5 Å². The number of carbonyl (C=O) groups is 1. The second kappa shape index (κ2) is 5.87. The summed E-state index contributed by atoms with van der Waals surface area (Å²) < 4.78 is 15.6. The van der Waals surface area contributed by atoms with E-state index >= 15 is 0 Å². The molecule has 0 N–H and O–H groups in total. The highest BCUT2D eigenvalue weighted by molar-refractivity contribution is 5.75. The van der Waals surface area contributed by atoms with Crippen LogP contribution < -0.4 is 4.74 Å². The van der Waals surface area contributed by atoms with E-state index in [1.807, 2.05) is 24.3 Å². The van der Waals surface area contributed by atoms with Gasteiger partial charge in [0.15, 0.2) is 6.10 Å². The highest BCUT2D eigenvalue weighted by atomic mass is 16.6. The summed E-state index contributed by atoms with van der Waals surface area (Å²) in [6.07, 6.45) is 1.65. The maximum Gasteiger partial charge on any atom is 0.335 e. The maximum atomic E-state index is 11.6. The number of carbonyl (C=O) groups excluding carboxylic acids is 1. The van der Waals surface area contributed by atoms with Crippen molar-refractivity contribution in [1.29, 1.82) is 0 Å². The zero-order valence-corrected chi connectivity index (χ0v) is 10.7. The molecule has 98 valence electrons. The first-order chi connectivity index (χ1) is 8.74. The van der Waals surface area contributed by atoms with Crippen molar-refractivity contribution in [2.75, 3.05) is 14.2 Å². The van der Waals surface area contributed by atoms with E-state index in [9.17, 15) is 4.79 Å². The fraction of sp³-hybridized carbons (Fsp3) is 0.500. The predicted octanol–water partition coefficient (Wildman–Crippen LogP) is 2.16. The Labute approximate surface area is 107 Å². The van der Waals surface area contributed by atoms with Crippen LogP contribution in [0, 0.1) is 5.92 Å². The van der Waals surface area contributed by atoms with Crippen LogP contribution in [0.3, 0.4) is 0 Å². The van der Waals surface area contributed by atoms with Crippen LogP contribution in [0.15, 0.2) is 24.3 Å². The molecule has 4 heteroatoms. The van der Waals surface area contributed by atoms with Crippen molar-refractivity contribution in [2.45, 2.75) is 25.6 Å². The van der Waals surface area contributed by atoms with Gasteiger partial charge in [0.05, 0.1) is 20.8 Å². The molecule has 0 aliphatic heterocycles. The van der Waals surface area contributed by atoms with E-state index in [1.165, 1.54) is 7.11 Å². The Bertz CT molecular complexity index is 412. The topological polar surface area (TPSA) is 44.8 Å². The van der Waals surface area contributed by atoms with Crippen molar-refractivity contribution in [3.8, 4) is 5.75 Å². The number of hydrogen-bond donors (Lipinski definition) is 0. The lowest BCUT2D eigenvalue weighted by molar-refractivity contribution is -0.156. The minimum Gasteiger partial charge on any atom is -0.497 e. The van der Waals surface area contributed by atoms with Gasteiger partial charge in [0.25, 0.3) is 0 Å². The SMILES string of the molecule is COC(=O)C(OCc1cccc(OC)c1)C1CC1. The Morgan fingerprint density at radius 2 is 2.17 bits per heavy atom. The summed E-state index contributed by atoms with van der Waals surface area (Å²) in [5.41, 5.74) is 0.990. The molecule has 18 heavy (non-hydrogen) atoms. The second-order valence-corrected chi connectivity index (χ2v) is 4.44. The van der Waals surface area contributed by atoms with Crippen molar-refractivity contribution >= 4 is 5.97 Å². The molecule has 0 aromatic heterocycles. The quantitative estimate of drug-likeness (QED) is 0.726. The summed E-state index contributed by atoms with van der Waals surface area (Å²) in [6.45, 7) is 0.396. The molecule has 0 heterocycles. The predicted molar refractivity (Wildman–Crippen MR) is 66.3 cm³/mol. The lowest BCUT2D eigenvalue weighted by Gasteiger charge is -2.15. The van der Waals surface area contributed by atoms with Crippen LogP contribution in [-0.2, 0) is 20.9 Å². The fourth-order valence-electron chi connectivity index (χ4n) is 1.86. The molecular formula is C14H18O4. The van der Waals surface area contributed by atoms with E-state index in [0.717, 1.165) is 24.2 Å². The molecule has 4 nitrogen and oxygen atoms in total. The Balaban J connectivity index is 1.94. The second-order valence-electron chi connectivity index (χ2n) is 4.44. The highest BCUT2D eigenvalue weighted by Crippen LogP contribution is 2.35. The molecule has 1 aromatic rings. The summed E-state index contributed by atoms with van der Waals surface area (Å²) >= 11 is 0. The van der Waals surface area contributed by atoms with Gasteiger partial charge in [-0.05, 0) is 36.5 Å². The molecular weight excluding hydrogens is 232 g/mol. The Morgan fingerprint density at radius 1 is 1.39 bits per heavy atom. The molecule has 0 radical (unpaired) electrons. The average Bonchev–Trinajstić information content (AvgIpc) is 3.23. The van der Waals surface area contributed by atoms with Gasteiger partial charge in [0.1, 0.15) is 5.75 Å². The van der Waals surface area contributed by atoms with Gasteiger partial charge in [0.2, 0.25) is 0 Å². The zero-order valence-electron chi connectivity index (χ0n) is 10.7. The Kier molecular flexibility index (Phi) is 4.20. The molecule has 1 saturated carbocycles. The van der Waals surface area contributed by atoms with E-state index in [2.05, 4.69) is 0 Å². The molecule has 1 aliphatic rings. The maximum absolute atomic E-state index is 11.6. The van der Waals surface area contributed by atoms with Crippen molar-refractivity contribution in [3.63, 3.8) is 0 Å². The van der Waals surface area contributed by atoms with Gasteiger partial charge in [-0.15, -0.1) is 0 Å². The monoisotopic (exact) mass is 250 g/mol. The Hall–Kier alpha value is -1.55. The van der Waals surface area contributed by atoms with E-state index in [1.54, 1.807) is 7.11 Å². The smallest absolute Gasteiger partial charge is 0.335 e. The average molecular weight is 250 g/mol. The molecule has 1 atom stereocenters.